The zero-order valence-corrected chi connectivity index (χ0v) is 15.1. The minimum atomic E-state index is -1.41. The molecule has 0 bridgehead atoms. The number of carbonyl (C=O) groups is 2. The Morgan fingerprint density at radius 2 is 1.64 bits per heavy atom. The van der Waals surface area contributed by atoms with Crippen LogP contribution in [0.5, 0.6) is 5.75 Å². The van der Waals surface area contributed by atoms with E-state index in [1.54, 1.807) is 31.4 Å². The Kier molecular flexibility index (Phi) is 3.42. The summed E-state index contributed by atoms with van der Waals surface area (Å²) in [5, 5.41) is 6.26. The Bertz CT molecular complexity index is 1110. The van der Waals surface area contributed by atoms with Gasteiger partial charge >= 0.3 is 0 Å². The number of benzene rings is 3. The van der Waals surface area contributed by atoms with Crippen LogP contribution in [0.2, 0.25) is 0 Å². The molecule has 0 aliphatic carbocycles. The number of fused-ring (bicyclic) bond motifs is 3. The highest BCUT2D eigenvalue weighted by Crippen LogP contribution is 2.48. The topological polar surface area (TPSA) is 70.7 Å². The van der Waals surface area contributed by atoms with Gasteiger partial charge in [0.1, 0.15) is 5.75 Å². The number of nitrogens with one attached hydrogen (secondary N) is 2. The summed E-state index contributed by atoms with van der Waals surface area (Å²) < 4.78 is 5.38. The summed E-state index contributed by atoms with van der Waals surface area (Å²) in [6.07, 6.45) is 0. The van der Waals surface area contributed by atoms with E-state index in [0.717, 1.165) is 0 Å². The van der Waals surface area contributed by atoms with E-state index in [1.165, 1.54) is 4.90 Å². The van der Waals surface area contributed by atoms with E-state index in [2.05, 4.69) is 10.6 Å². The highest BCUT2D eigenvalue weighted by Gasteiger charge is 2.57. The minimum absolute atomic E-state index is 0.244. The van der Waals surface area contributed by atoms with Crippen molar-refractivity contribution in [2.45, 2.75) is 5.66 Å². The quantitative estimate of drug-likeness (QED) is 0.722. The van der Waals surface area contributed by atoms with Crippen LogP contribution >= 0.6 is 0 Å². The van der Waals surface area contributed by atoms with Gasteiger partial charge in [-0.3, -0.25) is 14.5 Å². The van der Waals surface area contributed by atoms with Crippen molar-refractivity contribution in [3.8, 4) is 5.75 Å². The Morgan fingerprint density at radius 1 is 0.893 bits per heavy atom. The molecule has 0 saturated heterocycles. The molecule has 28 heavy (non-hydrogen) atoms. The van der Waals surface area contributed by atoms with Crippen molar-refractivity contribution < 1.29 is 14.3 Å². The number of anilines is 3. The SMILES string of the molecule is COc1ccc2c(c1)[C@@]1(Nc3ccccc3C(=O)N1c1ccccc1)C(=O)N2. The van der Waals surface area contributed by atoms with Gasteiger partial charge in [-0.25, -0.2) is 0 Å². The third kappa shape index (κ3) is 2.08. The number of hydrogen-bond acceptors (Lipinski definition) is 4. The smallest absolute Gasteiger partial charge is 0.276 e. The number of carbonyl (C=O) groups excluding carboxylic acids is 2. The number of rotatable bonds is 2. The first-order valence-corrected chi connectivity index (χ1v) is 8.92. The molecule has 2 amide bonds. The molecule has 0 fully saturated rings. The molecule has 5 rings (SSSR count). The molecule has 2 heterocycles. The summed E-state index contributed by atoms with van der Waals surface area (Å²) in [7, 11) is 1.57. The van der Waals surface area contributed by atoms with E-state index in [-0.39, 0.29) is 11.8 Å². The summed E-state index contributed by atoms with van der Waals surface area (Å²) >= 11 is 0. The van der Waals surface area contributed by atoms with Gasteiger partial charge < -0.3 is 15.4 Å². The van der Waals surface area contributed by atoms with Crippen molar-refractivity contribution in [3.63, 3.8) is 0 Å². The fourth-order valence-electron chi connectivity index (χ4n) is 3.93. The molecule has 138 valence electrons. The van der Waals surface area contributed by atoms with Crippen LogP contribution in [0.15, 0.2) is 72.8 Å². The summed E-state index contributed by atoms with van der Waals surface area (Å²) in [4.78, 5) is 28.4. The molecule has 3 aromatic rings. The van der Waals surface area contributed by atoms with Crippen molar-refractivity contribution in [1.82, 2.24) is 0 Å². The zero-order chi connectivity index (χ0) is 19.3. The van der Waals surface area contributed by atoms with Crippen LogP contribution in [0.4, 0.5) is 17.1 Å². The molecule has 0 aromatic heterocycles. The minimum Gasteiger partial charge on any atom is -0.497 e. The van der Waals surface area contributed by atoms with Crippen LogP contribution in [0.1, 0.15) is 15.9 Å². The Morgan fingerprint density at radius 3 is 2.43 bits per heavy atom. The van der Waals surface area contributed by atoms with Crippen LogP contribution in [-0.4, -0.2) is 18.9 Å². The largest absolute Gasteiger partial charge is 0.497 e. The molecule has 0 radical (unpaired) electrons. The van der Waals surface area contributed by atoms with Crippen LogP contribution in [0.3, 0.4) is 0 Å². The van der Waals surface area contributed by atoms with E-state index in [4.69, 9.17) is 4.74 Å². The average molecular weight is 371 g/mol. The van der Waals surface area contributed by atoms with Gasteiger partial charge in [-0.2, -0.15) is 0 Å². The van der Waals surface area contributed by atoms with Gasteiger partial charge in [0.15, 0.2) is 0 Å². The van der Waals surface area contributed by atoms with Gasteiger partial charge in [0, 0.05) is 22.6 Å². The molecular formula is C22H17N3O3. The Balaban J connectivity index is 1.82. The van der Waals surface area contributed by atoms with Crippen molar-refractivity contribution in [2.75, 3.05) is 22.6 Å². The zero-order valence-electron chi connectivity index (χ0n) is 15.1. The first-order valence-electron chi connectivity index (χ1n) is 8.92. The first-order chi connectivity index (χ1) is 13.6. The lowest BCUT2D eigenvalue weighted by atomic mass is 9.92. The predicted molar refractivity (Wildman–Crippen MR) is 107 cm³/mol. The fourth-order valence-corrected chi connectivity index (χ4v) is 3.93. The van der Waals surface area contributed by atoms with Gasteiger partial charge in [0.2, 0.25) is 5.66 Å². The molecule has 6 nitrogen and oxygen atoms in total. The number of nitrogens with zero attached hydrogens (tertiary/aromatic N) is 1. The maximum Gasteiger partial charge on any atom is 0.276 e. The van der Waals surface area contributed by atoms with E-state index in [9.17, 15) is 9.59 Å². The van der Waals surface area contributed by atoms with Gasteiger partial charge in [0.25, 0.3) is 11.8 Å². The second-order valence-electron chi connectivity index (χ2n) is 6.72. The summed E-state index contributed by atoms with van der Waals surface area (Å²) in [6, 6.07) is 21.8. The number of methoxy groups -OCH3 is 1. The maximum atomic E-state index is 13.6. The van der Waals surface area contributed by atoms with Crippen LogP contribution < -0.4 is 20.3 Å². The molecule has 0 unspecified atom stereocenters. The Labute approximate surface area is 161 Å². The van der Waals surface area contributed by atoms with E-state index in [0.29, 0.717) is 33.9 Å². The molecule has 0 saturated carbocycles. The average Bonchev–Trinajstić information content (AvgIpc) is 3.00. The molecule has 3 aromatic carbocycles. The summed E-state index contributed by atoms with van der Waals surface area (Å²) in [6.45, 7) is 0. The van der Waals surface area contributed by atoms with E-state index in [1.807, 2.05) is 48.5 Å². The van der Waals surface area contributed by atoms with Gasteiger partial charge in [-0.15, -0.1) is 0 Å². The standard InChI is InChI=1S/C22H17N3O3/c1-28-15-11-12-19-17(13-15)22(21(27)23-19)24-18-10-6-5-9-16(18)20(26)25(22)14-7-3-2-4-8-14/h2-13,24H,1H3,(H,23,27)/t22-/m0/s1. The van der Waals surface area contributed by atoms with Crippen molar-refractivity contribution in [1.29, 1.82) is 0 Å². The molecular weight excluding hydrogens is 354 g/mol. The third-order valence-corrected chi connectivity index (χ3v) is 5.22. The number of hydrogen-bond donors (Lipinski definition) is 2. The lowest BCUT2D eigenvalue weighted by Crippen LogP contribution is -2.61. The molecule has 2 aliphatic rings. The summed E-state index contributed by atoms with van der Waals surface area (Å²) in [5.74, 6) is 0.0459. The number of amides is 2. The fraction of sp³-hybridized carbons (Fsp3) is 0.0909. The summed E-state index contributed by atoms with van der Waals surface area (Å²) in [5.41, 5.74) is 1.64. The lowest BCUT2D eigenvalue weighted by molar-refractivity contribution is -0.119. The van der Waals surface area contributed by atoms with Crippen LogP contribution in [0.25, 0.3) is 0 Å². The molecule has 2 aliphatic heterocycles. The highest BCUT2D eigenvalue weighted by molar-refractivity contribution is 6.22. The van der Waals surface area contributed by atoms with Crippen LogP contribution in [0, 0.1) is 0 Å². The third-order valence-electron chi connectivity index (χ3n) is 5.22. The van der Waals surface area contributed by atoms with Crippen molar-refractivity contribution >= 4 is 28.9 Å². The van der Waals surface area contributed by atoms with Crippen molar-refractivity contribution in [2.24, 2.45) is 0 Å². The van der Waals surface area contributed by atoms with Crippen molar-refractivity contribution in [3.05, 3.63) is 83.9 Å². The second-order valence-corrected chi connectivity index (χ2v) is 6.72. The number of para-hydroxylation sites is 2. The first kappa shape index (κ1) is 16.4. The normalized spacial score (nSPS) is 19.7. The number of ether oxygens (including phenoxy) is 1. The molecule has 1 spiro atoms. The molecule has 2 N–H and O–H groups in total. The Hall–Kier alpha value is -3.80. The van der Waals surface area contributed by atoms with Gasteiger partial charge in [-0.1, -0.05) is 30.3 Å². The van der Waals surface area contributed by atoms with Crippen LogP contribution in [-0.2, 0) is 10.5 Å². The van der Waals surface area contributed by atoms with Gasteiger partial charge in [-0.05, 0) is 42.5 Å². The lowest BCUT2D eigenvalue weighted by Gasteiger charge is -2.44. The second kappa shape index (κ2) is 5.85. The molecule has 1 atom stereocenters. The van der Waals surface area contributed by atoms with Gasteiger partial charge in [0.05, 0.1) is 12.7 Å². The predicted octanol–water partition coefficient (Wildman–Crippen LogP) is 3.57. The van der Waals surface area contributed by atoms with E-state index < -0.39 is 5.66 Å². The molecule has 6 heteroatoms. The monoisotopic (exact) mass is 371 g/mol. The van der Waals surface area contributed by atoms with E-state index >= 15 is 0 Å². The highest BCUT2D eigenvalue weighted by atomic mass is 16.5. The maximum absolute atomic E-state index is 13.6.